The number of likely N-dealkylation sites (tertiary alicyclic amines) is 1. The lowest BCUT2D eigenvalue weighted by Gasteiger charge is -2.38. The zero-order valence-electron chi connectivity index (χ0n) is 12.1. The van der Waals surface area contributed by atoms with Gasteiger partial charge in [-0.3, -0.25) is 0 Å². The first kappa shape index (κ1) is 14.3. The summed E-state index contributed by atoms with van der Waals surface area (Å²) in [6, 6.07) is 0.645. The standard InChI is InChI=1S/C15H30N2O/c1-3-16-13(2)14-6-10-17(11-7-14)12-15(18)8-4-5-9-15/h13-14,16,18H,3-12H2,1-2H3. The Morgan fingerprint density at radius 2 is 1.89 bits per heavy atom. The van der Waals surface area contributed by atoms with Crippen molar-refractivity contribution in [1.29, 1.82) is 0 Å². The first-order valence-corrected chi connectivity index (χ1v) is 7.81. The number of β-amino-alcohol motifs (C(OH)–C–C–N with tert-alkyl or cyclic N) is 1. The third-order valence-corrected chi connectivity index (χ3v) is 4.92. The van der Waals surface area contributed by atoms with E-state index in [1.807, 2.05) is 0 Å². The van der Waals surface area contributed by atoms with E-state index in [0.717, 1.165) is 31.8 Å². The Balaban J connectivity index is 1.73. The molecule has 1 atom stereocenters. The second-order valence-electron chi connectivity index (χ2n) is 6.39. The van der Waals surface area contributed by atoms with Crippen molar-refractivity contribution >= 4 is 0 Å². The van der Waals surface area contributed by atoms with Crippen LogP contribution in [-0.4, -0.2) is 47.8 Å². The molecule has 0 aromatic carbocycles. The number of nitrogens with one attached hydrogen (secondary N) is 1. The van der Waals surface area contributed by atoms with Gasteiger partial charge < -0.3 is 15.3 Å². The Hall–Kier alpha value is -0.120. The number of hydrogen-bond donors (Lipinski definition) is 2. The second-order valence-corrected chi connectivity index (χ2v) is 6.39. The van der Waals surface area contributed by atoms with Crippen molar-refractivity contribution < 1.29 is 5.11 Å². The minimum atomic E-state index is -0.361. The topological polar surface area (TPSA) is 35.5 Å². The van der Waals surface area contributed by atoms with E-state index in [9.17, 15) is 5.11 Å². The average Bonchev–Trinajstić information content (AvgIpc) is 2.77. The first-order chi connectivity index (χ1) is 8.63. The zero-order chi connectivity index (χ0) is 13.0. The van der Waals surface area contributed by atoms with E-state index >= 15 is 0 Å². The lowest BCUT2D eigenvalue weighted by Crippen LogP contribution is -2.47. The minimum Gasteiger partial charge on any atom is -0.389 e. The molecule has 0 amide bonds. The Kier molecular flexibility index (Phi) is 5.05. The highest BCUT2D eigenvalue weighted by Gasteiger charge is 2.34. The number of aliphatic hydroxyl groups is 1. The quantitative estimate of drug-likeness (QED) is 0.788. The Morgan fingerprint density at radius 3 is 2.44 bits per heavy atom. The molecule has 3 heteroatoms. The fraction of sp³-hybridized carbons (Fsp3) is 1.00. The van der Waals surface area contributed by atoms with Crippen LogP contribution in [0.5, 0.6) is 0 Å². The monoisotopic (exact) mass is 254 g/mol. The van der Waals surface area contributed by atoms with Crippen LogP contribution in [0.15, 0.2) is 0 Å². The van der Waals surface area contributed by atoms with Gasteiger partial charge in [0.2, 0.25) is 0 Å². The molecule has 106 valence electrons. The van der Waals surface area contributed by atoms with Crippen molar-refractivity contribution in [3.8, 4) is 0 Å². The number of nitrogens with zero attached hydrogens (tertiary/aromatic N) is 1. The van der Waals surface area contributed by atoms with Gasteiger partial charge in [-0.2, -0.15) is 0 Å². The van der Waals surface area contributed by atoms with Gasteiger partial charge in [0, 0.05) is 12.6 Å². The van der Waals surface area contributed by atoms with Crippen LogP contribution < -0.4 is 5.32 Å². The van der Waals surface area contributed by atoms with E-state index in [4.69, 9.17) is 0 Å². The molecule has 0 spiro atoms. The normalized spacial score (nSPS) is 27.5. The van der Waals surface area contributed by atoms with E-state index in [1.165, 1.54) is 38.8 Å². The zero-order valence-corrected chi connectivity index (χ0v) is 12.1. The molecule has 0 radical (unpaired) electrons. The first-order valence-electron chi connectivity index (χ1n) is 7.81. The highest BCUT2D eigenvalue weighted by Crippen LogP contribution is 2.31. The third-order valence-electron chi connectivity index (χ3n) is 4.92. The van der Waals surface area contributed by atoms with Crippen LogP contribution in [0.4, 0.5) is 0 Å². The molecule has 0 bridgehead atoms. The number of piperidine rings is 1. The van der Waals surface area contributed by atoms with Crippen LogP contribution >= 0.6 is 0 Å². The minimum absolute atomic E-state index is 0.361. The maximum atomic E-state index is 10.4. The molecule has 1 saturated heterocycles. The van der Waals surface area contributed by atoms with E-state index in [1.54, 1.807) is 0 Å². The number of rotatable bonds is 5. The van der Waals surface area contributed by atoms with E-state index in [0.29, 0.717) is 6.04 Å². The van der Waals surface area contributed by atoms with Gasteiger partial charge in [0.05, 0.1) is 5.60 Å². The molecule has 3 nitrogen and oxygen atoms in total. The van der Waals surface area contributed by atoms with Crippen LogP contribution in [0.2, 0.25) is 0 Å². The van der Waals surface area contributed by atoms with Gasteiger partial charge in [0.25, 0.3) is 0 Å². The fourth-order valence-corrected chi connectivity index (χ4v) is 3.71. The highest BCUT2D eigenvalue weighted by atomic mass is 16.3. The van der Waals surface area contributed by atoms with Crippen LogP contribution in [0, 0.1) is 5.92 Å². The summed E-state index contributed by atoms with van der Waals surface area (Å²) in [6.45, 7) is 8.82. The van der Waals surface area contributed by atoms with Crippen LogP contribution in [0.25, 0.3) is 0 Å². The predicted octanol–water partition coefficient (Wildman–Crippen LogP) is 2.00. The van der Waals surface area contributed by atoms with Gasteiger partial charge >= 0.3 is 0 Å². The summed E-state index contributed by atoms with van der Waals surface area (Å²) in [5.74, 6) is 0.819. The van der Waals surface area contributed by atoms with Gasteiger partial charge in [-0.05, 0) is 58.2 Å². The van der Waals surface area contributed by atoms with Gasteiger partial charge in [0.1, 0.15) is 0 Å². The molecule has 0 aromatic heterocycles. The summed E-state index contributed by atoms with van der Waals surface area (Å²) in [5, 5.41) is 14.0. The van der Waals surface area contributed by atoms with Gasteiger partial charge in [0.15, 0.2) is 0 Å². The van der Waals surface area contributed by atoms with Crippen molar-refractivity contribution in [2.24, 2.45) is 5.92 Å². The molecular formula is C15H30N2O. The van der Waals surface area contributed by atoms with E-state index < -0.39 is 0 Å². The van der Waals surface area contributed by atoms with Gasteiger partial charge in [-0.15, -0.1) is 0 Å². The largest absolute Gasteiger partial charge is 0.389 e. The van der Waals surface area contributed by atoms with Crippen molar-refractivity contribution in [3.63, 3.8) is 0 Å². The lowest BCUT2D eigenvalue weighted by atomic mass is 9.89. The van der Waals surface area contributed by atoms with Crippen molar-refractivity contribution in [2.45, 2.75) is 64.0 Å². The maximum absolute atomic E-state index is 10.4. The summed E-state index contributed by atoms with van der Waals surface area (Å²) in [5.41, 5.74) is -0.361. The summed E-state index contributed by atoms with van der Waals surface area (Å²) in [4.78, 5) is 2.49. The van der Waals surface area contributed by atoms with Crippen LogP contribution in [-0.2, 0) is 0 Å². The van der Waals surface area contributed by atoms with Crippen LogP contribution in [0.1, 0.15) is 52.4 Å². The molecule has 2 rings (SSSR count). The fourth-order valence-electron chi connectivity index (χ4n) is 3.71. The van der Waals surface area contributed by atoms with Gasteiger partial charge in [-0.1, -0.05) is 19.8 Å². The molecular weight excluding hydrogens is 224 g/mol. The molecule has 0 aromatic rings. The molecule has 2 aliphatic rings. The molecule has 1 unspecified atom stereocenters. The summed E-state index contributed by atoms with van der Waals surface area (Å²) < 4.78 is 0. The van der Waals surface area contributed by atoms with Crippen molar-refractivity contribution in [2.75, 3.05) is 26.2 Å². The van der Waals surface area contributed by atoms with Crippen molar-refractivity contribution in [3.05, 3.63) is 0 Å². The Labute approximate surface area is 112 Å². The molecule has 2 fully saturated rings. The smallest absolute Gasteiger partial charge is 0.0774 e. The molecule has 1 heterocycles. The molecule has 1 aliphatic heterocycles. The van der Waals surface area contributed by atoms with E-state index in [2.05, 4.69) is 24.1 Å². The van der Waals surface area contributed by atoms with Crippen molar-refractivity contribution in [1.82, 2.24) is 10.2 Å². The lowest BCUT2D eigenvalue weighted by molar-refractivity contribution is -0.00126. The predicted molar refractivity (Wildman–Crippen MR) is 75.7 cm³/mol. The third kappa shape index (κ3) is 3.69. The summed E-state index contributed by atoms with van der Waals surface area (Å²) >= 11 is 0. The van der Waals surface area contributed by atoms with Crippen LogP contribution in [0.3, 0.4) is 0 Å². The van der Waals surface area contributed by atoms with Gasteiger partial charge in [-0.25, -0.2) is 0 Å². The summed E-state index contributed by atoms with van der Waals surface area (Å²) in [7, 11) is 0. The summed E-state index contributed by atoms with van der Waals surface area (Å²) in [6.07, 6.45) is 7.02. The Morgan fingerprint density at radius 1 is 1.28 bits per heavy atom. The molecule has 2 N–H and O–H groups in total. The molecule has 1 saturated carbocycles. The highest BCUT2D eigenvalue weighted by molar-refractivity contribution is 4.89. The SMILES string of the molecule is CCNC(C)C1CCN(CC2(O)CCCC2)CC1. The average molecular weight is 254 g/mol. The molecule has 1 aliphatic carbocycles. The molecule has 18 heavy (non-hydrogen) atoms. The maximum Gasteiger partial charge on any atom is 0.0774 e. The van der Waals surface area contributed by atoms with E-state index in [-0.39, 0.29) is 5.60 Å². The Bertz CT molecular complexity index is 243. The second kappa shape index (κ2) is 6.36. The number of hydrogen-bond acceptors (Lipinski definition) is 3.